The largest absolute Gasteiger partial charge is 0.126 e. The Morgan fingerprint density at radius 3 is 2.25 bits per heavy atom. The molecule has 0 atom stereocenters. The summed E-state index contributed by atoms with van der Waals surface area (Å²) >= 11 is 5.45. The van der Waals surface area contributed by atoms with Crippen molar-refractivity contribution in [2.75, 3.05) is 11.1 Å². The Hall–Kier alpha value is 0.0500. The minimum atomic E-state index is 1.16. The molecular formula is C14H21BrS. The van der Waals surface area contributed by atoms with Gasteiger partial charge in [-0.05, 0) is 37.7 Å². The molecule has 0 saturated heterocycles. The van der Waals surface area contributed by atoms with E-state index in [1.54, 1.807) is 0 Å². The topological polar surface area (TPSA) is 0 Å². The van der Waals surface area contributed by atoms with Gasteiger partial charge in [0.15, 0.2) is 0 Å². The average Bonchev–Trinajstić information content (AvgIpc) is 2.30. The fourth-order valence-electron chi connectivity index (χ4n) is 1.55. The van der Waals surface area contributed by atoms with Gasteiger partial charge >= 0.3 is 0 Å². The van der Waals surface area contributed by atoms with Gasteiger partial charge in [-0.25, -0.2) is 0 Å². The van der Waals surface area contributed by atoms with Crippen molar-refractivity contribution in [1.82, 2.24) is 0 Å². The van der Waals surface area contributed by atoms with Crippen LogP contribution in [0.4, 0.5) is 0 Å². The molecule has 1 aromatic rings. The number of unbranched alkanes of at least 4 members (excludes halogenated alkanes) is 4. The Labute approximate surface area is 112 Å². The van der Waals surface area contributed by atoms with Crippen LogP contribution in [-0.2, 0) is 0 Å². The highest BCUT2D eigenvalue weighted by atomic mass is 79.9. The predicted octanol–water partition coefficient (Wildman–Crippen LogP) is 5.43. The number of alkyl halides is 1. The van der Waals surface area contributed by atoms with Gasteiger partial charge in [0.05, 0.1) is 0 Å². The number of benzene rings is 1. The van der Waals surface area contributed by atoms with Crippen LogP contribution < -0.4 is 0 Å². The minimum Gasteiger partial charge on any atom is -0.126 e. The second kappa shape index (κ2) is 9.12. The molecule has 0 bridgehead atoms. The highest BCUT2D eigenvalue weighted by Crippen LogP contribution is 2.20. The molecule has 16 heavy (non-hydrogen) atoms. The number of hydrogen-bond acceptors (Lipinski definition) is 1. The summed E-state index contributed by atoms with van der Waals surface area (Å²) in [5.74, 6) is 1.26. The molecule has 0 aliphatic heterocycles. The van der Waals surface area contributed by atoms with E-state index < -0.39 is 0 Å². The molecule has 1 aromatic carbocycles. The first-order chi connectivity index (χ1) is 7.83. The van der Waals surface area contributed by atoms with Gasteiger partial charge in [-0.2, -0.15) is 0 Å². The lowest BCUT2D eigenvalue weighted by molar-refractivity contribution is 0.664. The molecule has 0 fully saturated rings. The van der Waals surface area contributed by atoms with E-state index >= 15 is 0 Å². The molecule has 0 heterocycles. The Balaban J connectivity index is 2.01. The molecule has 0 unspecified atom stereocenters. The third kappa shape index (κ3) is 6.59. The summed E-state index contributed by atoms with van der Waals surface area (Å²) in [6, 6.07) is 8.84. The maximum absolute atomic E-state index is 3.46. The van der Waals surface area contributed by atoms with Crippen LogP contribution in [0.3, 0.4) is 0 Å². The quantitative estimate of drug-likeness (QED) is 0.350. The lowest BCUT2D eigenvalue weighted by atomic mass is 10.2. The molecule has 0 saturated carbocycles. The van der Waals surface area contributed by atoms with Crippen LogP contribution in [0.2, 0.25) is 0 Å². The Kier molecular flexibility index (Phi) is 8.04. The molecule has 0 aromatic heterocycles. The van der Waals surface area contributed by atoms with Crippen molar-refractivity contribution < 1.29 is 0 Å². The van der Waals surface area contributed by atoms with Crippen molar-refractivity contribution >= 4 is 27.7 Å². The average molecular weight is 301 g/mol. The van der Waals surface area contributed by atoms with Gasteiger partial charge in [0, 0.05) is 10.2 Å². The van der Waals surface area contributed by atoms with E-state index in [0.29, 0.717) is 0 Å². The highest BCUT2D eigenvalue weighted by Gasteiger charge is 1.94. The van der Waals surface area contributed by atoms with E-state index in [9.17, 15) is 0 Å². The van der Waals surface area contributed by atoms with E-state index in [1.165, 1.54) is 48.3 Å². The molecule has 90 valence electrons. The van der Waals surface area contributed by atoms with Crippen LogP contribution in [0.5, 0.6) is 0 Å². The first kappa shape index (κ1) is 14.1. The number of halogens is 1. The van der Waals surface area contributed by atoms with Gasteiger partial charge in [-0.15, -0.1) is 11.8 Å². The fourth-order valence-corrected chi connectivity index (χ4v) is 2.86. The summed E-state index contributed by atoms with van der Waals surface area (Å²) in [6.07, 6.45) is 6.82. The first-order valence-electron chi connectivity index (χ1n) is 6.08. The van der Waals surface area contributed by atoms with E-state index in [1.807, 2.05) is 11.8 Å². The molecular weight excluding hydrogens is 280 g/mol. The van der Waals surface area contributed by atoms with Crippen LogP contribution in [0, 0.1) is 6.92 Å². The van der Waals surface area contributed by atoms with E-state index in [0.717, 1.165) is 5.33 Å². The zero-order valence-electron chi connectivity index (χ0n) is 10.0. The Morgan fingerprint density at radius 1 is 0.938 bits per heavy atom. The lowest BCUT2D eigenvalue weighted by Crippen LogP contribution is -1.83. The summed E-state index contributed by atoms with van der Waals surface area (Å²) in [5.41, 5.74) is 1.35. The van der Waals surface area contributed by atoms with Crippen LogP contribution in [0.1, 0.15) is 37.7 Å². The molecule has 1 rings (SSSR count). The fraction of sp³-hybridized carbons (Fsp3) is 0.571. The lowest BCUT2D eigenvalue weighted by Gasteiger charge is -2.02. The van der Waals surface area contributed by atoms with Crippen molar-refractivity contribution in [2.24, 2.45) is 0 Å². The maximum Gasteiger partial charge on any atom is 0.00721 e. The second-order valence-electron chi connectivity index (χ2n) is 4.12. The monoisotopic (exact) mass is 300 g/mol. The third-order valence-corrected chi connectivity index (χ3v) is 4.23. The van der Waals surface area contributed by atoms with Crippen molar-refractivity contribution in [3.05, 3.63) is 29.8 Å². The minimum absolute atomic E-state index is 1.16. The molecule has 0 amide bonds. The molecule has 0 aliphatic carbocycles. The summed E-state index contributed by atoms with van der Waals surface area (Å²) < 4.78 is 0. The van der Waals surface area contributed by atoms with Crippen molar-refractivity contribution in [1.29, 1.82) is 0 Å². The predicted molar refractivity (Wildman–Crippen MR) is 78.8 cm³/mol. The van der Waals surface area contributed by atoms with E-state index in [4.69, 9.17) is 0 Å². The Morgan fingerprint density at radius 2 is 1.56 bits per heavy atom. The highest BCUT2D eigenvalue weighted by molar-refractivity contribution is 9.09. The zero-order valence-corrected chi connectivity index (χ0v) is 12.4. The van der Waals surface area contributed by atoms with E-state index in [2.05, 4.69) is 47.1 Å². The van der Waals surface area contributed by atoms with Crippen molar-refractivity contribution in [3.8, 4) is 0 Å². The smallest absolute Gasteiger partial charge is 0.00721 e. The molecule has 0 N–H and O–H groups in total. The van der Waals surface area contributed by atoms with Gasteiger partial charge in [-0.1, -0.05) is 52.9 Å². The van der Waals surface area contributed by atoms with Gasteiger partial charge < -0.3 is 0 Å². The zero-order chi connectivity index (χ0) is 11.6. The number of rotatable bonds is 8. The normalized spacial score (nSPS) is 10.6. The van der Waals surface area contributed by atoms with E-state index in [-0.39, 0.29) is 0 Å². The van der Waals surface area contributed by atoms with Gasteiger partial charge in [0.2, 0.25) is 0 Å². The number of hydrogen-bond donors (Lipinski definition) is 0. The summed E-state index contributed by atoms with van der Waals surface area (Å²) in [6.45, 7) is 2.14. The summed E-state index contributed by atoms with van der Waals surface area (Å²) in [5, 5.41) is 1.16. The number of thioether (sulfide) groups is 1. The summed E-state index contributed by atoms with van der Waals surface area (Å²) in [7, 11) is 0. The van der Waals surface area contributed by atoms with Crippen LogP contribution >= 0.6 is 27.7 Å². The molecule has 0 radical (unpaired) electrons. The molecule has 0 spiro atoms. The third-order valence-electron chi connectivity index (χ3n) is 2.57. The van der Waals surface area contributed by atoms with Crippen molar-refractivity contribution in [3.63, 3.8) is 0 Å². The SMILES string of the molecule is Cc1ccc(SCCCCCCCBr)cc1. The van der Waals surface area contributed by atoms with Gasteiger partial charge in [0.1, 0.15) is 0 Å². The second-order valence-corrected chi connectivity index (χ2v) is 6.08. The molecule has 0 nitrogen and oxygen atoms in total. The summed E-state index contributed by atoms with van der Waals surface area (Å²) in [4.78, 5) is 1.41. The first-order valence-corrected chi connectivity index (χ1v) is 8.19. The van der Waals surface area contributed by atoms with Crippen LogP contribution in [-0.4, -0.2) is 11.1 Å². The molecule has 2 heteroatoms. The molecule has 0 aliphatic rings. The maximum atomic E-state index is 3.46. The van der Waals surface area contributed by atoms with Crippen LogP contribution in [0.25, 0.3) is 0 Å². The van der Waals surface area contributed by atoms with Gasteiger partial charge in [0.25, 0.3) is 0 Å². The van der Waals surface area contributed by atoms with Crippen molar-refractivity contribution in [2.45, 2.75) is 43.9 Å². The standard InChI is InChI=1S/C14H21BrS/c1-13-7-9-14(10-8-13)16-12-6-4-2-3-5-11-15/h7-10H,2-6,11-12H2,1H3. The van der Waals surface area contributed by atoms with Crippen LogP contribution in [0.15, 0.2) is 29.2 Å². The van der Waals surface area contributed by atoms with Gasteiger partial charge in [-0.3, -0.25) is 0 Å². The number of aryl methyl sites for hydroxylation is 1. The Bertz CT molecular complexity index is 269.